The van der Waals surface area contributed by atoms with Gasteiger partial charge in [-0.1, -0.05) is 17.7 Å². The van der Waals surface area contributed by atoms with Crippen molar-refractivity contribution in [1.82, 2.24) is 10.6 Å². The van der Waals surface area contributed by atoms with E-state index >= 15 is 0 Å². The fraction of sp³-hybridized carbons (Fsp3) is 0.423. The van der Waals surface area contributed by atoms with Gasteiger partial charge in [-0.3, -0.25) is 14.4 Å². The molecule has 2 aromatic carbocycles. The second kappa shape index (κ2) is 12.4. The van der Waals surface area contributed by atoms with Gasteiger partial charge in [-0.2, -0.15) is 0 Å². The minimum atomic E-state index is -0.242. The standard InChI is InChI=1S/C26H31ClN2O5/c1-3-33-26(32)19-8-12-22(13-9-19)34-21-10-6-18(7-11-21)24(30)28-14-15-29-25(31)20-5-4-17(2)23(27)16-20/h4-7,10-11,16,19,22H,3,8-9,12-15H2,1-2H3,(H,28,30)(H,29,31)/t19-,22+. The Labute approximate surface area is 205 Å². The molecule has 0 aromatic heterocycles. The van der Waals surface area contributed by atoms with Crippen molar-refractivity contribution < 1.29 is 23.9 Å². The second-order valence-corrected chi connectivity index (χ2v) is 8.75. The van der Waals surface area contributed by atoms with Crippen molar-refractivity contribution in [3.8, 4) is 5.75 Å². The van der Waals surface area contributed by atoms with Crippen LogP contribution in [-0.4, -0.2) is 43.6 Å². The molecule has 1 aliphatic carbocycles. The lowest BCUT2D eigenvalue weighted by atomic mass is 9.87. The van der Waals surface area contributed by atoms with E-state index in [0.717, 1.165) is 31.2 Å². The SMILES string of the molecule is CCOC(=O)[C@H]1CC[C@@H](Oc2ccc(C(=O)NCCNC(=O)c3ccc(C)c(Cl)c3)cc2)CC1. The Hall–Kier alpha value is -3.06. The highest BCUT2D eigenvalue weighted by Gasteiger charge is 2.28. The van der Waals surface area contributed by atoms with Gasteiger partial charge in [0, 0.05) is 29.2 Å². The van der Waals surface area contributed by atoms with Gasteiger partial charge in [-0.15, -0.1) is 0 Å². The summed E-state index contributed by atoms with van der Waals surface area (Å²) in [6, 6.07) is 12.1. The molecule has 0 unspecified atom stereocenters. The van der Waals surface area contributed by atoms with Crippen LogP contribution in [0.25, 0.3) is 0 Å². The zero-order valence-electron chi connectivity index (χ0n) is 19.6. The lowest BCUT2D eigenvalue weighted by Crippen LogP contribution is -2.34. The maximum atomic E-state index is 12.4. The van der Waals surface area contributed by atoms with Gasteiger partial charge in [0.1, 0.15) is 5.75 Å². The van der Waals surface area contributed by atoms with Crippen molar-refractivity contribution in [2.45, 2.75) is 45.6 Å². The minimum absolute atomic E-state index is 0.0367. The number of amides is 2. The number of halogens is 1. The number of esters is 1. The van der Waals surface area contributed by atoms with E-state index in [1.807, 2.05) is 13.8 Å². The third-order valence-corrected chi connectivity index (χ3v) is 6.25. The van der Waals surface area contributed by atoms with Gasteiger partial charge >= 0.3 is 5.97 Å². The third kappa shape index (κ3) is 7.22. The van der Waals surface area contributed by atoms with Crippen molar-refractivity contribution in [1.29, 1.82) is 0 Å². The average molecular weight is 487 g/mol. The molecule has 0 spiro atoms. The van der Waals surface area contributed by atoms with Crippen molar-refractivity contribution in [2.75, 3.05) is 19.7 Å². The molecule has 0 atom stereocenters. The Kier molecular flexibility index (Phi) is 9.33. The molecule has 1 saturated carbocycles. The van der Waals surface area contributed by atoms with Gasteiger partial charge in [0.05, 0.1) is 18.6 Å². The van der Waals surface area contributed by atoms with Crippen LogP contribution in [0.1, 0.15) is 58.9 Å². The Balaban J connectivity index is 1.38. The Morgan fingerprint density at radius 1 is 0.912 bits per heavy atom. The van der Waals surface area contributed by atoms with Gasteiger partial charge < -0.3 is 20.1 Å². The molecule has 0 aliphatic heterocycles. The van der Waals surface area contributed by atoms with Crippen LogP contribution in [0.3, 0.4) is 0 Å². The lowest BCUT2D eigenvalue weighted by molar-refractivity contribution is -0.149. The highest BCUT2D eigenvalue weighted by Crippen LogP contribution is 2.28. The van der Waals surface area contributed by atoms with E-state index in [1.165, 1.54) is 0 Å². The maximum Gasteiger partial charge on any atom is 0.308 e. The molecule has 0 saturated heterocycles. The zero-order valence-corrected chi connectivity index (χ0v) is 20.3. The number of hydrogen-bond donors (Lipinski definition) is 2. The summed E-state index contributed by atoms with van der Waals surface area (Å²) in [6.07, 6.45) is 3.17. The molecule has 8 heteroatoms. The lowest BCUT2D eigenvalue weighted by Gasteiger charge is -2.27. The van der Waals surface area contributed by atoms with Crippen molar-refractivity contribution in [3.63, 3.8) is 0 Å². The number of carbonyl (C=O) groups excluding carboxylic acids is 3. The molecule has 1 aliphatic rings. The molecule has 0 radical (unpaired) electrons. The van der Waals surface area contributed by atoms with Crippen molar-refractivity contribution in [2.24, 2.45) is 5.92 Å². The van der Waals surface area contributed by atoms with Crippen LogP contribution in [0, 0.1) is 12.8 Å². The van der Waals surface area contributed by atoms with E-state index in [2.05, 4.69) is 10.6 Å². The number of carbonyl (C=O) groups is 3. The summed E-state index contributed by atoms with van der Waals surface area (Å²) < 4.78 is 11.1. The fourth-order valence-corrected chi connectivity index (χ4v) is 4.02. The quantitative estimate of drug-likeness (QED) is 0.407. The van der Waals surface area contributed by atoms with Crippen molar-refractivity contribution in [3.05, 3.63) is 64.2 Å². The van der Waals surface area contributed by atoms with Crippen LogP contribution in [0.5, 0.6) is 5.75 Å². The van der Waals surface area contributed by atoms with E-state index in [-0.39, 0.29) is 29.8 Å². The molecular weight excluding hydrogens is 456 g/mol. The molecule has 2 amide bonds. The first-order valence-electron chi connectivity index (χ1n) is 11.6. The predicted octanol–water partition coefficient (Wildman–Crippen LogP) is 4.31. The van der Waals surface area contributed by atoms with Crippen LogP contribution in [0.15, 0.2) is 42.5 Å². The number of nitrogens with one attached hydrogen (secondary N) is 2. The summed E-state index contributed by atoms with van der Waals surface area (Å²) in [5, 5.41) is 6.09. The van der Waals surface area contributed by atoms with Gasteiger partial charge in [0.15, 0.2) is 0 Å². The summed E-state index contributed by atoms with van der Waals surface area (Å²) in [5.74, 6) is 0.0731. The number of ether oxygens (including phenoxy) is 2. The number of benzene rings is 2. The van der Waals surface area contributed by atoms with Crippen LogP contribution in [0.2, 0.25) is 5.02 Å². The highest BCUT2D eigenvalue weighted by molar-refractivity contribution is 6.31. The molecule has 7 nitrogen and oxygen atoms in total. The van der Waals surface area contributed by atoms with E-state index in [9.17, 15) is 14.4 Å². The topological polar surface area (TPSA) is 93.7 Å². The number of hydrogen-bond acceptors (Lipinski definition) is 5. The first-order chi connectivity index (χ1) is 16.4. The van der Waals surface area contributed by atoms with Gasteiger partial charge in [0.25, 0.3) is 11.8 Å². The van der Waals surface area contributed by atoms with Gasteiger partial charge in [-0.25, -0.2) is 0 Å². The second-order valence-electron chi connectivity index (χ2n) is 8.34. The van der Waals surface area contributed by atoms with Crippen LogP contribution < -0.4 is 15.4 Å². The number of aryl methyl sites for hydroxylation is 1. The highest BCUT2D eigenvalue weighted by atomic mass is 35.5. The molecule has 1 fully saturated rings. The Morgan fingerprint density at radius 2 is 1.50 bits per heavy atom. The van der Waals surface area contributed by atoms with Crippen molar-refractivity contribution >= 4 is 29.4 Å². The largest absolute Gasteiger partial charge is 0.490 e. The minimum Gasteiger partial charge on any atom is -0.490 e. The third-order valence-electron chi connectivity index (χ3n) is 5.84. The van der Waals surface area contributed by atoms with E-state index < -0.39 is 0 Å². The normalized spacial score (nSPS) is 17.5. The number of rotatable bonds is 9. The fourth-order valence-electron chi connectivity index (χ4n) is 3.84. The summed E-state index contributed by atoms with van der Waals surface area (Å²) in [6.45, 7) is 4.69. The van der Waals surface area contributed by atoms with Crippen LogP contribution in [0.4, 0.5) is 0 Å². The molecular formula is C26H31ClN2O5. The Morgan fingerprint density at radius 3 is 2.09 bits per heavy atom. The molecule has 34 heavy (non-hydrogen) atoms. The smallest absolute Gasteiger partial charge is 0.308 e. The molecule has 0 heterocycles. The maximum absolute atomic E-state index is 12.4. The average Bonchev–Trinajstić information content (AvgIpc) is 2.84. The summed E-state index contributed by atoms with van der Waals surface area (Å²) in [7, 11) is 0. The van der Waals surface area contributed by atoms with E-state index in [4.69, 9.17) is 21.1 Å². The summed E-state index contributed by atoms with van der Waals surface area (Å²) >= 11 is 6.06. The Bertz CT molecular complexity index is 1000. The molecule has 2 N–H and O–H groups in total. The molecule has 0 bridgehead atoms. The van der Waals surface area contributed by atoms with E-state index in [1.54, 1.807) is 42.5 Å². The summed E-state index contributed by atoms with van der Waals surface area (Å²) in [5.41, 5.74) is 1.89. The predicted molar refractivity (Wildman–Crippen MR) is 130 cm³/mol. The first kappa shape index (κ1) is 25.6. The first-order valence-corrected chi connectivity index (χ1v) is 12.0. The zero-order chi connectivity index (χ0) is 24.5. The summed E-state index contributed by atoms with van der Waals surface area (Å²) in [4.78, 5) is 36.4. The molecule has 2 aromatic rings. The monoisotopic (exact) mass is 486 g/mol. The van der Waals surface area contributed by atoms with Gasteiger partial charge in [0.2, 0.25) is 0 Å². The molecule has 3 rings (SSSR count). The van der Waals surface area contributed by atoms with E-state index in [0.29, 0.717) is 41.6 Å². The van der Waals surface area contributed by atoms with Crippen LogP contribution >= 0.6 is 11.6 Å². The van der Waals surface area contributed by atoms with Crippen LogP contribution in [-0.2, 0) is 9.53 Å². The van der Waals surface area contributed by atoms with Gasteiger partial charge in [-0.05, 0) is 81.5 Å². The molecule has 182 valence electrons.